The lowest BCUT2D eigenvalue weighted by molar-refractivity contribution is 0.100. The third-order valence-corrected chi connectivity index (χ3v) is 4.25. The van der Waals surface area contributed by atoms with Gasteiger partial charge in [-0.3, -0.25) is 9.59 Å². The Balaban J connectivity index is 1.89. The molecule has 0 unspecified atom stereocenters. The van der Waals surface area contributed by atoms with Crippen molar-refractivity contribution in [3.05, 3.63) is 93.6 Å². The van der Waals surface area contributed by atoms with Gasteiger partial charge in [0.25, 0.3) is 11.8 Å². The summed E-state index contributed by atoms with van der Waals surface area (Å²) < 4.78 is 134. The molecule has 0 heterocycles. The molecule has 0 radical (unpaired) electrons. The van der Waals surface area contributed by atoms with Crippen LogP contribution in [0.25, 0.3) is 0 Å². The smallest absolute Gasteiger partial charge is 0.261 e. The molecule has 178 valence electrons. The summed E-state index contributed by atoms with van der Waals surface area (Å²) in [5, 5.41) is 3.54. The van der Waals surface area contributed by atoms with Crippen molar-refractivity contribution in [1.29, 1.82) is 0 Å². The van der Waals surface area contributed by atoms with E-state index in [9.17, 15) is 53.5 Å². The SMILES string of the molecule is O=C(Nc1cccc(NC(=O)c2c(F)c(F)c(F)c(F)c2F)c1)c1c(F)c(F)c(F)c(F)c1F. The summed E-state index contributed by atoms with van der Waals surface area (Å²) in [7, 11) is 0. The van der Waals surface area contributed by atoms with Gasteiger partial charge in [0.05, 0.1) is 0 Å². The fourth-order valence-corrected chi connectivity index (χ4v) is 2.67. The Bertz CT molecular complexity index is 1200. The van der Waals surface area contributed by atoms with Gasteiger partial charge in [-0.05, 0) is 18.2 Å². The highest BCUT2D eigenvalue weighted by Crippen LogP contribution is 2.26. The lowest BCUT2D eigenvalue weighted by atomic mass is 10.1. The molecular weight excluding hydrogens is 490 g/mol. The molecule has 0 aliphatic rings. The maximum atomic E-state index is 13.8. The Morgan fingerprint density at radius 1 is 0.471 bits per heavy atom. The number of carbonyl (C=O) groups excluding carboxylic acids is 2. The second-order valence-corrected chi connectivity index (χ2v) is 6.38. The molecule has 3 rings (SSSR count). The molecule has 2 N–H and O–H groups in total. The van der Waals surface area contributed by atoms with Gasteiger partial charge in [0.1, 0.15) is 11.1 Å². The van der Waals surface area contributed by atoms with Gasteiger partial charge in [0, 0.05) is 11.4 Å². The lowest BCUT2D eigenvalue weighted by Crippen LogP contribution is -2.20. The quantitative estimate of drug-likeness (QED) is 0.282. The maximum Gasteiger partial charge on any atom is 0.261 e. The number of benzene rings is 3. The molecule has 4 nitrogen and oxygen atoms in total. The van der Waals surface area contributed by atoms with Crippen LogP contribution in [-0.2, 0) is 0 Å². The Morgan fingerprint density at radius 3 is 1.03 bits per heavy atom. The van der Waals surface area contributed by atoms with Gasteiger partial charge < -0.3 is 10.6 Å². The average Bonchev–Trinajstić information content (AvgIpc) is 2.79. The summed E-state index contributed by atoms with van der Waals surface area (Å²) in [6.45, 7) is 0. The van der Waals surface area contributed by atoms with E-state index in [-0.39, 0.29) is 0 Å². The van der Waals surface area contributed by atoms with E-state index in [2.05, 4.69) is 0 Å². The third kappa shape index (κ3) is 4.13. The van der Waals surface area contributed by atoms with E-state index in [1.54, 1.807) is 10.6 Å². The highest BCUT2D eigenvalue weighted by Gasteiger charge is 2.31. The number of amides is 2. The van der Waals surface area contributed by atoms with Crippen LogP contribution >= 0.6 is 0 Å². The predicted octanol–water partition coefficient (Wildman–Crippen LogP) is 5.58. The normalized spacial score (nSPS) is 10.9. The maximum absolute atomic E-state index is 13.8. The molecule has 0 saturated carbocycles. The molecule has 0 aliphatic heterocycles. The molecule has 2 amide bonds. The highest BCUT2D eigenvalue weighted by molar-refractivity contribution is 6.07. The fraction of sp³-hybridized carbons (Fsp3) is 0. The van der Waals surface area contributed by atoms with Crippen molar-refractivity contribution in [3.63, 3.8) is 0 Å². The molecule has 0 atom stereocenters. The topological polar surface area (TPSA) is 58.2 Å². The van der Waals surface area contributed by atoms with Crippen molar-refractivity contribution >= 4 is 23.2 Å². The van der Waals surface area contributed by atoms with Crippen LogP contribution in [0.5, 0.6) is 0 Å². The van der Waals surface area contributed by atoms with E-state index in [4.69, 9.17) is 0 Å². The Hall–Kier alpha value is -4.10. The minimum absolute atomic E-state index is 0.427. The summed E-state index contributed by atoms with van der Waals surface area (Å²) in [5.41, 5.74) is -4.51. The van der Waals surface area contributed by atoms with E-state index in [1.165, 1.54) is 0 Å². The van der Waals surface area contributed by atoms with E-state index in [1.807, 2.05) is 0 Å². The van der Waals surface area contributed by atoms with Gasteiger partial charge in [0.15, 0.2) is 46.5 Å². The lowest BCUT2D eigenvalue weighted by Gasteiger charge is -2.12. The molecule has 0 aliphatic carbocycles. The first kappa shape index (κ1) is 24.5. The summed E-state index contributed by atoms with van der Waals surface area (Å²) in [6, 6.07) is 3.85. The van der Waals surface area contributed by atoms with E-state index in [0.29, 0.717) is 0 Å². The monoisotopic (exact) mass is 496 g/mol. The number of hydrogen-bond donors (Lipinski definition) is 2. The molecule has 3 aromatic carbocycles. The minimum atomic E-state index is -2.50. The molecule has 0 saturated heterocycles. The van der Waals surface area contributed by atoms with Crippen molar-refractivity contribution in [2.45, 2.75) is 0 Å². The zero-order chi connectivity index (χ0) is 25.5. The Kier molecular flexibility index (Phi) is 6.52. The van der Waals surface area contributed by atoms with Crippen LogP contribution in [-0.4, -0.2) is 11.8 Å². The first-order valence-corrected chi connectivity index (χ1v) is 8.62. The third-order valence-electron chi connectivity index (χ3n) is 4.25. The number of carbonyl (C=O) groups is 2. The van der Waals surface area contributed by atoms with Gasteiger partial charge in [-0.15, -0.1) is 0 Å². The Morgan fingerprint density at radius 2 is 0.735 bits per heavy atom. The van der Waals surface area contributed by atoms with E-state index in [0.717, 1.165) is 24.3 Å². The van der Waals surface area contributed by atoms with Crippen LogP contribution in [0.3, 0.4) is 0 Å². The first-order valence-electron chi connectivity index (χ1n) is 8.62. The van der Waals surface area contributed by atoms with Gasteiger partial charge in [0.2, 0.25) is 11.6 Å². The van der Waals surface area contributed by atoms with E-state index >= 15 is 0 Å². The van der Waals surface area contributed by atoms with Crippen LogP contribution in [0, 0.1) is 58.2 Å². The average molecular weight is 496 g/mol. The van der Waals surface area contributed by atoms with Gasteiger partial charge in [-0.2, -0.15) is 0 Å². The predicted molar refractivity (Wildman–Crippen MR) is 94.8 cm³/mol. The summed E-state index contributed by atoms with van der Waals surface area (Å²) in [4.78, 5) is 24.1. The summed E-state index contributed by atoms with van der Waals surface area (Å²) in [6.07, 6.45) is 0. The number of rotatable bonds is 4. The first-order chi connectivity index (χ1) is 15.9. The van der Waals surface area contributed by atoms with Crippen LogP contribution in [0.1, 0.15) is 20.7 Å². The van der Waals surface area contributed by atoms with Gasteiger partial charge in [-0.25, -0.2) is 43.9 Å². The summed E-state index contributed by atoms with van der Waals surface area (Å²) in [5.74, 6) is -27.8. The second-order valence-electron chi connectivity index (χ2n) is 6.38. The van der Waals surface area contributed by atoms with Crippen molar-refractivity contribution in [2.75, 3.05) is 10.6 Å². The molecule has 0 aromatic heterocycles. The molecule has 0 spiro atoms. The second kappa shape index (κ2) is 9.03. The minimum Gasteiger partial charge on any atom is -0.322 e. The van der Waals surface area contributed by atoms with Crippen LogP contribution in [0.2, 0.25) is 0 Å². The highest BCUT2D eigenvalue weighted by atomic mass is 19.2. The van der Waals surface area contributed by atoms with Crippen LogP contribution in [0.4, 0.5) is 55.3 Å². The van der Waals surface area contributed by atoms with E-state index < -0.39 is 92.5 Å². The van der Waals surface area contributed by atoms with Crippen molar-refractivity contribution in [1.82, 2.24) is 0 Å². The zero-order valence-electron chi connectivity index (χ0n) is 15.9. The van der Waals surface area contributed by atoms with Crippen LogP contribution < -0.4 is 10.6 Å². The largest absolute Gasteiger partial charge is 0.322 e. The van der Waals surface area contributed by atoms with Crippen molar-refractivity contribution < 1.29 is 53.5 Å². The van der Waals surface area contributed by atoms with Crippen molar-refractivity contribution in [2.24, 2.45) is 0 Å². The molecule has 0 bridgehead atoms. The number of halogens is 10. The van der Waals surface area contributed by atoms with Gasteiger partial charge in [-0.1, -0.05) is 6.07 Å². The number of anilines is 2. The van der Waals surface area contributed by atoms with Crippen molar-refractivity contribution in [3.8, 4) is 0 Å². The summed E-state index contributed by atoms with van der Waals surface area (Å²) >= 11 is 0. The number of hydrogen-bond acceptors (Lipinski definition) is 2. The molecular formula is C20H6F10N2O2. The van der Waals surface area contributed by atoms with Gasteiger partial charge >= 0.3 is 0 Å². The molecule has 14 heteroatoms. The molecule has 34 heavy (non-hydrogen) atoms. The standard InChI is InChI=1S/C20H6F10N2O2/c21-9-7(10(22)14(26)17(29)13(9)25)19(33)31-5-2-1-3-6(4-5)32-20(34)8-11(23)15(27)18(30)16(28)12(8)24/h1-4H,(H,31,33)(H,32,34). The fourth-order valence-electron chi connectivity index (χ4n) is 2.67. The molecule has 0 fully saturated rings. The Labute approximate surface area is 181 Å². The van der Waals surface area contributed by atoms with Crippen LogP contribution in [0.15, 0.2) is 24.3 Å². The molecule has 3 aromatic rings. The zero-order valence-corrected chi connectivity index (χ0v) is 15.9. The number of nitrogens with one attached hydrogen (secondary N) is 2.